The van der Waals surface area contributed by atoms with Crippen LogP contribution in [0.4, 0.5) is 21.9 Å². The summed E-state index contributed by atoms with van der Waals surface area (Å²) in [7, 11) is 0. The van der Waals surface area contributed by atoms with Crippen molar-refractivity contribution < 1.29 is 28.6 Å². The molecule has 1 atom stereocenters. The molecule has 1 aromatic heterocycles. The average Bonchev–Trinajstić information content (AvgIpc) is 3.50. The van der Waals surface area contributed by atoms with Crippen LogP contribution in [0.1, 0.15) is 62.5 Å². The lowest BCUT2D eigenvalue weighted by Crippen LogP contribution is -2.43. The minimum Gasteiger partial charge on any atom is -0.444 e. The molecule has 2 aromatic carbocycles. The second-order valence-electron chi connectivity index (χ2n) is 12.2. The van der Waals surface area contributed by atoms with E-state index in [9.17, 15) is 14.4 Å². The van der Waals surface area contributed by atoms with E-state index in [-0.39, 0.29) is 18.6 Å². The summed E-state index contributed by atoms with van der Waals surface area (Å²) in [5, 5.41) is 17.3. The van der Waals surface area contributed by atoms with E-state index in [0.29, 0.717) is 39.9 Å². The molecular weight excluding hydrogens is 614 g/mol. The minimum atomic E-state index is -0.730. The van der Waals surface area contributed by atoms with Gasteiger partial charge < -0.3 is 29.7 Å². The second kappa shape index (κ2) is 15.0. The Morgan fingerprint density at radius 3 is 2.61 bits per heavy atom. The lowest BCUT2D eigenvalue weighted by atomic mass is 10.1. The number of rotatable bonds is 10. The molecule has 3 N–H and O–H groups in total. The highest BCUT2D eigenvalue weighted by Gasteiger charge is 2.23. The van der Waals surface area contributed by atoms with Crippen LogP contribution in [0.2, 0.25) is 5.02 Å². The Hall–Kier alpha value is -4.04. The average molecular weight is 654 g/mol. The molecule has 0 aliphatic carbocycles. The van der Waals surface area contributed by atoms with Crippen LogP contribution in [0, 0.1) is 0 Å². The monoisotopic (exact) mass is 653 g/mol. The van der Waals surface area contributed by atoms with Crippen LogP contribution >= 0.6 is 11.6 Å². The molecule has 13 nitrogen and oxygen atoms in total. The Morgan fingerprint density at radius 1 is 1.09 bits per heavy atom. The molecular formula is C32H40ClN7O6. The molecule has 246 valence electrons. The van der Waals surface area contributed by atoms with Gasteiger partial charge in [0.05, 0.1) is 52.7 Å². The number of hydrogen-bond acceptors (Lipinski definition) is 10. The highest BCUT2D eigenvalue weighted by Crippen LogP contribution is 2.36. The maximum absolute atomic E-state index is 13.3. The zero-order chi connectivity index (χ0) is 32.7. The van der Waals surface area contributed by atoms with Crippen molar-refractivity contribution in [2.45, 2.75) is 65.0 Å². The largest absolute Gasteiger partial charge is 0.444 e. The zero-order valence-corrected chi connectivity index (χ0v) is 27.1. The summed E-state index contributed by atoms with van der Waals surface area (Å²) in [5.74, 6) is -0.978. The van der Waals surface area contributed by atoms with Gasteiger partial charge in [0.25, 0.3) is 0 Å². The number of halogens is 1. The molecule has 2 aliphatic heterocycles. The molecule has 5 rings (SSSR count). The molecule has 1 unspecified atom stereocenters. The van der Waals surface area contributed by atoms with E-state index < -0.39 is 29.8 Å². The first kappa shape index (κ1) is 33.3. The van der Waals surface area contributed by atoms with Crippen LogP contribution in [-0.4, -0.2) is 77.5 Å². The number of Topliss-reactive ketones (excluding diaryl/α,β-unsaturated/α-hetero) is 1. The predicted octanol–water partition coefficient (Wildman–Crippen LogP) is 4.93. The van der Waals surface area contributed by atoms with Gasteiger partial charge in [-0.25, -0.2) is 9.48 Å². The van der Waals surface area contributed by atoms with Crippen molar-refractivity contribution in [3.8, 4) is 5.69 Å². The highest BCUT2D eigenvalue weighted by molar-refractivity contribution is 6.34. The van der Waals surface area contributed by atoms with Gasteiger partial charge in [0, 0.05) is 38.3 Å². The van der Waals surface area contributed by atoms with Gasteiger partial charge in [0.1, 0.15) is 5.60 Å². The van der Waals surface area contributed by atoms with E-state index in [2.05, 4.69) is 31.2 Å². The van der Waals surface area contributed by atoms with Gasteiger partial charge in [0.15, 0.2) is 12.1 Å². The van der Waals surface area contributed by atoms with Crippen molar-refractivity contribution in [2.75, 3.05) is 48.3 Å². The summed E-state index contributed by atoms with van der Waals surface area (Å²) < 4.78 is 18.6. The fraction of sp³-hybridized carbons (Fsp3) is 0.469. The Kier molecular flexibility index (Phi) is 10.9. The predicted molar refractivity (Wildman–Crippen MR) is 174 cm³/mol. The van der Waals surface area contributed by atoms with Crippen LogP contribution in [0.5, 0.6) is 0 Å². The number of nitrogens with one attached hydrogen (secondary N) is 3. The fourth-order valence-electron chi connectivity index (χ4n) is 5.18. The number of ketones is 1. The summed E-state index contributed by atoms with van der Waals surface area (Å²) in [6, 6.07) is 10.1. The van der Waals surface area contributed by atoms with Crippen molar-refractivity contribution in [2.24, 2.45) is 0 Å². The Bertz CT molecular complexity index is 1540. The first-order chi connectivity index (χ1) is 22.1. The van der Waals surface area contributed by atoms with Crippen molar-refractivity contribution in [3.63, 3.8) is 0 Å². The number of amides is 2. The minimum absolute atomic E-state index is 0.244. The van der Waals surface area contributed by atoms with Crippen LogP contribution in [0.15, 0.2) is 42.6 Å². The van der Waals surface area contributed by atoms with Gasteiger partial charge >= 0.3 is 6.09 Å². The Morgan fingerprint density at radius 2 is 1.87 bits per heavy atom. The Balaban J connectivity index is 1.28. The van der Waals surface area contributed by atoms with Gasteiger partial charge in [-0.05, 0) is 64.3 Å². The van der Waals surface area contributed by atoms with Crippen molar-refractivity contribution in [3.05, 3.63) is 58.9 Å². The van der Waals surface area contributed by atoms with E-state index in [1.807, 2.05) is 0 Å². The molecule has 46 heavy (non-hydrogen) atoms. The summed E-state index contributed by atoms with van der Waals surface area (Å²) in [6.45, 7) is 9.22. The first-order valence-electron chi connectivity index (χ1n) is 15.4. The smallest absolute Gasteiger partial charge is 0.412 e. The number of nitrogens with zero attached hydrogens (tertiary/aromatic N) is 4. The number of anilines is 3. The second-order valence-corrected chi connectivity index (χ2v) is 12.6. The van der Waals surface area contributed by atoms with Gasteiger partial charge in [-0.2, -0.15) is 0 Å². The third kappa shape index (κ3) is 9.03. The number of benzene rings is 2. The lowest BCUT2D eigenvalue weighted by Gasteiger charge is -2.31. The molecule has 3 aromatic rings. The third-order valence-electron chi connectivity index (χ3n) is 7.36. The van der Waals surface area contributed by atoms with Gasteiger partial charge in [-0.1, -0.05) is 28.9 Å². The van der Waals surface area contributed by atoms with E-state index in [4.69, 9.17) is 25.8 Å². The van der Waals surface area contributed by atoms with Crippen LogP contribution in [-0.2, 0) is 25.6 Å². The molecule has 2 amide bonds. The quantitative estimate of drug-likeness (QED) is 0.203. The first-order valence-corrected chi connectivity index (χ1v) is 15.8. The van der Waals surface area contributed by atoms with E-state index >= 15 is 0 Å². The highest BCUT2D eigenvalue weighted by atomic mass is 35.5. The summed E-state index contributed by atoms with van der Waals surface area (Å²) in [5.41, 5.74) is 2.15. The van der Waals surface area contributed by atoms with Gasteiger partial charge in [-0.3, -0.25) is 14.9 Å². The van der Waals surface area contributed by atoms with Crippen molar-refractivity contribution in [1.29, 1.82) is 0 Å². The molecule has 0 bridgehead atoms. The van der Waals surface area contributed by atoms with E-state index in [0.717, 1.165) is 45.4 Å². The Labute approximate surface area is 272 Å². The third-order valence-corrected chi connectivity index (χ3v) is 7.67. The van der Waals surface area contributed by atoms with Gasteiger partial charge in [-0.15, -0.1) is 5.10 Å². The van der Waals surface area contributed by atoms with Gasteiger partial charge in [0.2, 0.25) is 5.91 Å². The maximum Gasteiger partial charge on any atom is 0.412 e. The van der Waals surface area contributed by atoms with Crippen LogP contribution in [0.25, 0.3) is 5.69 Å². The molecule has 2 saturated heterocycles. The molecule has 2 fully saturated rings. The molecule has 0 spiro atoms. The number of aromatic nitrogens is 3. The van der Waals surface area contributed by atoms with Crippen molar-refractivity contribution >= 4 is 46.4 Å². The number of hydrogen-bond donors (Lipinski definition) is 3. The van der Waals surface area contributed by atoms with Crippen LogP contribution < -0.4 is 20.9 Å². The SMILES string of the molecule is CC(C)(C)OC(=O)Nc1cc(N2CCNCC2)c(Cl)cc1NC(=O)CC(=O)c1cccc(-n2nncc2COC2CCCCO2)c1. The summed E-state index contributed by atoms with van der Waals surface area (Å²) >= 11 is 6.65. The molecule has 0 saturated carbocycles. The fourth-order valence-corrected chi connectivity index (χ4v) is 5.46. The zero-order valence-electron chi connectivity index (χ0n) is 26.3. The maximum atomic E-state index is 13.3. The summed E-state index contributed by atoms with van der Waals surface area (Å²) in [4.78, 5) is 41.2. The molecule has 2 aliphatic rings. The van der Waals surface area contributed by atoms with E-state index in [1.165, 1.54) is 0 Å². The topological polar surface area (TPSA) is 149 Å². The molecule has 3 heterocycles. The number of ether oxygens (including phenoxy) is 3. The lowest BCUT2D eigenvalue weighted by molar-refractivity contribution is -0.169. The summed E-state index contributed by atoms with van der Waals surface area (Å²) in [6.07, 6.45) is 3.12. The molecule has 14 heteroatoms. The van der Waals surface area contributed by atoms with E-state index in [1.54, 1.807) is 68.0 Å². The number of carbonyl (C=O) groups excluding carboxylic acids is 3. The standard InChI is InChI=1S/C32H40ClN7O6/c1-32(2,3)46-31(43)37-26-17-27(39-12-10-34-11-13-39)24(33)16-25(26)36-29(42)18-28(41)21-7-6-8-22(15-21)40-23(19-35-38-40)20-45-30-9-4-5-14-44-30/h6-8,15-17,19,30,34H,4-5,9-14,18,20H2,1-3H3,(H,36,42)(H,37,43). The number of carbonyl (C=O) groups is 3. The molecule has 0 radical (unpaired) electrons. The van der Waals surface area contributed by atoms with Crippen LogP contribution in [0.3, 0.4) is 0 Å². The normalized spacial score (nSPS) is 17.0. The van der Waals surface area contributed by atoms with Crippen molar-refractivity contribution in [1.82, 2.24) is 20.3 Å². The number of piperazine rings is 1.